The molecule has 0 bridgehead atoms. The molecule has 1 aliphatic heterocycles. The van der Waals surface area contributed by atoms with Crippen molar-refractivity contribution in [2.24, 2.45) is 5.10 Å². The van der Waals surface area contributed by atoms with Crippen molar-refractivity contribution in [3.8, 4) is 28.6 Å². The Balaban J connectivity index is 1.43. The summed E-state index contributed by atoms with van der Waals surface area (Å²) < 4.78 is 16.7. The highest BCUT2D eigenvalue weighted by atomic mass is 16.7. The van der Waals surface area contributed by atoms with Gasteiger partial charge in [-0.1, -0.05) is 17.3 Å². The van der Waals surface area contributed by atoms with Gasteiger partial charge in [0.2, 0.25) is 24.3 Å². The zero-order valence-electron chi connectivity index (χ0n) is 18.1. The summed E-state index contributed by atoms with van der Waals surface area (Å²) >= 11 is 0. The number of ether oxygens (including phenoxy) is 2. The molecule has 176 valence electrons. The second-order valence-electron chi connectivity index (χ2n) is 7.24. The van der Waals surface area contributed by atoms with Crippen molar-refractivity contribution in [1.82, 2.24) is 30.7 Å². The van der Waals surface area contributed by atoms with Crippen LogP contribution in [0.15, 0.2) is 52.2 Å². The standard InChI is InChI=1S/C21H17N9O5/c1-11(31)24-14-5-2-12(3-6-14)9-23-26-21(32)17-18(13-4-7-15-16(8-13)34-10-33-15)30(29-25-17)20-19(22)27-35-28-20/h2-9H,10H2,1H3,(H2,22,27)(H,24,31)(H,26,32)/b23-9-. The lowest BCUT2D eigenvalue weighted by atomic mass is 10.1. The summed E-state index contributed by atoms with van der Waals surface area (Å²) in [6, 6.07) is 12.0. The molecule has 0 atom stereocenters. The lowest BCUT2D eigenvalue weighted by molar-refractivity contribution is -0.114. The lowest BCUT2D eigenvalue weighted by Gasteiger charge is -2.07. The number of anilines is 2. The number of nitrogens with one attached hydrogen (secondary N) is 2. The van der Waals surface area contributed by atoms with E-state index >= 15 is 0 Å². The Labute approximate surface area is 196 Å². The third kappa shape index (κ3) is 4.35. The molecular formula is C21H17N9O5. The van der Waals surface area contributed by atoms with Crippen LogP contribution in [0.2, 0.25) is 0 Å². The molecule has 2 aromatic carbocycles. The highest BCUT2D eigenvalue weighted by Crippen LogP contribution is 2.37. The maximum Gasteiger partial charge on any atom is 0.294 e. The van der Waals surface area contributed by atoms with Crippen molar-refractivity contribution in [2.45, 2.75) is 6.92 Å². The van der Waals surface area contributed by atoms with E-state index in [4.69, 9.17) is 15.2 Å². The Bertz CT molecular complexity index is 1440. The van der Waals surface area contributed by atoms with Crippen LogP contribution in [-0.4, -0.2) is 50.1 Å². The molecule has 0 fully saturated rings. The highest BCUT2D eigenvalue weighted by Gasteiger charge is 2.26. The van der Waals surface area contributed by atoms with Gasteiger partial charge < -0.3 is 20.5 Å². The first-order valence-corrected chi connectivity index (χ1v) is 10.1. The fourth-order valence-electron chi connectivity index (χ4n) is 3.30. The molecular weight excluding hydrogens is 458 g/mol. The Morgan fingerprint density at radius 3 is 2.66 bits per heavy atom. The van der Waals surface area contributed by atoms with E-state index in [9.17, 15) is 9.59 Å². The highest BCUT2D eigenvalue weighted by molar-refractivity contribution is 5.99. The van der Waals surface area contributed by atoms with Gasteiger partial charge in [-0.3, -0.25) is 9.59 Å². The van der Waals surface area contributed by atoms with Gasteiger partial charge in [0.25, 0.3) is 5.91 Å². The number of nitrogens with zero attached hydrogens (tertiary/aromatic N) is 6. The number of nitrogen functional groups attached to an aromatic ring is 1. The van der Waals surface area contributed by atoms with Crippen LogP contribution in [0.5, 0.6) is 11.5 Å². The smallest absolute Gasteiger partial charge is 0.294 e. The van der Waals surface area contributed by atoms with Gasteiger partial charge in [0.15, 0.2) is 17.2 Å². The molecule has 2 aromatic heterocycles. The van der Waals surface area contributed by atoms with Crippen molar-refractivity contribution in [1.29, 1.82) is 0 Å². The molecule has 0 saturated carbocycles. The van der Waals surface area contributed by atoms with E-state index in [-0.39, 0.29) is 35.7 Å². The summed E-state index contributed by atoms with van der Waals surface area (Å²) in [6.45, 7) is 1.51. The third-order valence-electron chi connectivity index (χ3n) is 4.84. The van der Waals surface area contributed by atoms with Gasteiger partial charge in [-0.15, -0.1) is 5.10 Å². The molecule has 0 unspecified atom stereocenters. The number of carbonyl (C=O) groups excluding carboxylic acids is 2. The second-order valence-corrected chi connectivity index (χ2v) is 7.24. The number of hydrogen-bond acceptors (Lipinski definition) is 11. The molecule has 14 nitrogen and oxygen atoms in total. The van der Waals surface area contributed by atoms with E-state index in [1.807, 2.05) is 0 Å². The Kier molecular flexibility index (Phi) is 5.51. The fraction of sp³-hybridized carbons (Fsp3) is 0.0952. The number of benzene rings is 2. The molecule has 35 heavy (non-hydrogen) atoms. The molecule has 2 amide bonds. The Hall–Kier alpha value is -5.27. The van der Waals surface area contributed by atoms with Gasteiger partial charge in [-0.2, -0.15) is 9.78 Å². The van der Waals surface area contributed by atoms with Gasteiger partial charge in [0, 0.05) is 18.2 Å². The number of rotatable bonds is 6. The minimum Gasteiger partial charge on any atom is -0.454 e. The number of aromatic nitrogens is 5. The van der Waals surface area contributed by atoms with E-state index in [2.05, 4.69) is 41.1 Å². The monoisotopic (exact) mass is 475 g/mol. The summed E-state index contributed by atoms with van der Waals surface area (Å²) in [5.41, 5.74) is 10.3. The zero-order valence-corrected chi connectivity index (χ0v) is 18.1. The first-order chi connectivity index (χ1) is 17.0. The van der Waals surface area contributed by atoms with Crippen molar-refractivity contribution in [3.05, 3.63) is 53.7 Å². The second kappa shape index (κ2) is 8.93. The molecule has 0 spiro atoms. The number of fused-ring (bicyclic) bond motifs is 1. The molecule has 3 heterocycles. The predicted octanol–water partition coefficient (Wildman–Crippen LogP) is 1.35. The Morgan fingerprint density at radius 1 is 1.11 bits per heavy atom. The average Bonchev–Trinajstić information content (AvgIpc) is 3.58. The maximum atomic E-state index is 13.0. The van der Waals surface area contributed by atoms with E-state index in [1.54, 1.807) is 42.5 Å². The number of hydrogen-bond donors (Lipinski definition) is 3. The predicted molar refractivity (Wildman–Crippen MR) is 121 cm³/mol. The number of hydrazone groups is 1. The topological polar surface area (TPSA) is 185 Å². The van der Waals surface area contributed by atoms with Crippen molar-refractivity contribution < 1.29 is 23.7 Å². The van der Waals surface area contributed by atoms with Crippen LogP contribution in [0.3, 0.4) is 0 Å². The van der Waals surface area contributed by atoms with Crippen LogP contribution >= 0.6 is 0 Å². The lowest BCUT2D eigenvalue weighted by Crippen LogP contribution is -2.19. The van der Waals surface area contributed by atoms with Gasteiger partial charge in [-0.25, -0.2) is 10.1 Å². The molecule has 0 saturated heterocycles. The molecule has 1 aliphatic rings. The van der Waals surface area contributed by atoms with Crippen molar-refractivity contribution in [3.63, 3.8) is 0 Å². The van der Waals surface area contributed by atoms with Gasteiger partial charge in [-0.05, 0) is 46.2 Å². The molecule has 14 heteroatoms. The quantitative estimate of drug-likeness (QED) is 0.271. The molecule has 4 N–H and O–H groups in total. The minimum atomic E-state index is -0.634. The Morgan fingerprint density at radius 2 is 1.91 bits per heavy atom. The van der Waals surface area contributed by atoms with Gasteiger partial charge >= 0.3 is 0 Å². The maximum absolute atomic E-state index is 13.0. The summed E-state index contributed by atoms with van der Waals surface area (Å²) in [5.74, 6) is 0.277. The summed E-state index contributed by atoms with van der Waals surface area (Å²) in [4.78, 5) is 24.1. The number of carbonyl (C=O) groups is 2. The average molecular weight is 475 g/mol. The summed E-state index contributed by atoms with van der Waals surface area (Å²) in [7, 11) is 0. The normalized spacial score (nSPS) is 12.1. The van der Waals surface area contributed by atoms with Crippen LogP contribution < -0.4 is 25.9 Å². The van der Waals surface area contributed by atoms with Crippen LogP contribution in [0.1, 0.15) is 23.0 Å². The van der Waals surface area contributed by atoms with E-state index < -0.39 is 5.91 Å². The van der Waals surface area contributed by atoms with E-state index in [0.717, 1.165) is 0 Å². The molecule has 0 radical (unpaired) electrons. The molecule has 4 aromatic rings. The third-order valence-corrected chi connectivity index (χ3v) is 4.84. The first-order valence-electron chi connectivity index (χ1n) is 10.1. The van der Waals surface area contributed by atoms with Gasteiger partial charge in [0.05, 0.1) is 6.21 Å². The van der Waals surface area contributed by atoms with E-state index in [1.165, 1.54) is 17.8 Å². The minimum absolute atomic E-state index is 0.0374. The van der Waals surface area contributed by atoms with Crippen LogP contribution in [0.4, 0.5) is 11.5 Å². The first kappa shape index (κ1) is 21.6. The number of nitrogens with two attached hydrogens (primary N) is 1. The molecule has 0 aliphatic carbocycles. The van der Waals surface area contributed by atoms with Crippen LogP contribution in [0, 0.1) is 0 Å². The van der Waals surface area contributed by atoms with E-state index in [0.29, 0.717) is 28.3 Å². The number of amides is 2. The SMILES string of the molecule is CC(=O)Nc1ccc(/C=N\NC(=O)c2nnn(-c3nonc3N)c2-c2ccc3c(c2)OCO3)cc1. The van der Waals surface area contributed by atoms with Crippen LogP contribution in [0.25, 0.3) is 17.1 Å². The van der Waals surface area contributed by atoms with Crippen LogP contribution in [-0.2, 0) is 4.79 Å². The summed E-state index contributed by atoms with van der Waals surface area (Å²) in [5, 5.41) is 22.0. The molecule has 5 rings (SSSR count). The largest absolute Gasteiger partial charge is 0.454 e. The summed E-state index contributed by atoms with van der Waals surface area (Å²) in [6.07, 6.45) is 1.44. The van der Waals surface area contributed by atoms with Crippen molar-refractivity contribution in [2.75, 3.05) is 17.8 Å². The zero-order chi connectivity index (χ0) is 24.4. The van der Waals surface area contributed by atoms with Gasteiger partial charge in [0.1, 0.15) is 5.69 Å². The van der Waals surface area contributed by atoms with Crippen molar-refractivity contribution >= 4 is 29.5 Å². The fourth-order valence-corrected chi connectivity index (χ4v) is 3.30.